The van der Waals surface area contributed by atoms with Gasteiger partial charge in [0.05, 0.1) is 12.7 Å². The Labute approximate surface area is 189 Å². The molecule has 1 saturated heterocycles. The maximum absolute atomic E-state index is 13.1. The van der Waals surface area contributed by atoms with Gasteiger partial charge in [0, 0.05) is 43.0 Å². The molecule has 1 aromatic heterocycles. The van der Waals surface area contributed by atoms with Crippen LogP contribution in [0.3, 0.4) is 0 Å². The summed E-state index contributed by atoms with van der Waals surface area (Å²) in [7, 11) is 0. The van der Waals surface area contributed by atoms with Crippen LogP contribution >= 0.6 is 0 Å². The number of aryl methyl sites for hydroxylation is 2. The van der Waals surface area contributed by atoms with Gasteiger partial charge in [0.1, 0.15) is 5.58 Å². The molecule has 0 N–H and O–H groups in total. The molecule has 166 valence electrons. The molecule has 32 heavy (non-hydrogen) atoms. The first-order chi connectivity index (χ1) is 15.5. The second-order valence-electron chi connectivity index (χ2n) is 9.26. The highest BCUT2D eigenvalue weighted by Crippen LogP contribution is 2.28. The Hall–Kier alpha value is -3.08. The van der Waals surface area contributed by atoms with Crippen molar-refractivity contribution in [2.45, 2.75) is 46.1 Å². The van der Waals surface area contributed by atoms with Crippen molar-refractivity contribution in [3.8, 4) is 0 Å². The summed E-state index contributed by atoms with van der Waals surface area (Å²) in [5.41, 5.74) is 6.75. The van der Waals surface area contributed by atoms with Crippen LogP contribution < -0.4 is 0 Å². The number of likely N-dealkylation sites (tertiary alicyclic amines) is 1. The fourth-order valence-electron chi connectivity index (χ4n) is 5.12. The van der Waals surface area contributed by atoms with Gasteiger partial charge in [-0.05, 0) is 55.4 Å². The van der Waals surface area contributed by atoms with Gasteiger partial charge in [-0.1, -0.05) is 36.4 Å². The zero-order chi connectivity index (χ0) is 22.2. The molecule has 2 aromatic carbocycles. The summed E-state index contributed by atoms with van der Waals surface area (Å²) < 4.78 is 5.77. The lowest BCUT2D eigenvalue weighted by Gasteiger charge is -2.36. The average molecular weight is 431 g/mol. The molecule has 0 bridgehead atoms. The van der Waals surface area contributed by atoms with E-state index in [9.17, 15) is 9.59 Å². The molecule has 0 saturated carbocycles. The van der Waals surface area contributed by atoms with Crippen LogP contribution in [0, 0.1) is 19.8 Å². The third kappa shape index (κ3) is 3.81. The number of nitrogens with zero attached hydrogens (tertiary/aromatic N) is 2. The van der Waals surface area contributed by atoms with Gasteiger partial charge >= 0.3 is 0 Å². The van der Waals surface area contributed by atoms with E-state index in [-0.39, 0.29) is 17.7 Å². The first kappa shape index (κ1) is 20.8. The number of carbonyl (C=O) groups is 2. The van der Waals surface area contributed by atoms with E-state index in [1.54, 1.807) is 6.26 Å². The van der Waals surface area contributed by atoms with Crippen LogP contribution in [0.5, 0.6) is 0 Å². The Morgan fingerprint density at radius 1 is 0.969 bits per heavy atom. The molecule has 5 heteroatoms. The van der Waals surface area contributed by atoms with Crippen molar-refractivity contribution in [1.82, 2.24) is 9.80 Å². The van der Waals surface area contributed by atoms with Crippen molar-refractivity contribution in [1.29, 1.82) is 0 Å². The smallest absolute Gasteiger partial charge is 0.227 e. The van der Waals surface area contributed by atoms with Crippen molar-refractivity contribution < 1.29 is 14.0 Å². The number of piperidine rings is 1. The summed E-state index contributed by atoms with van der Waals surface area (Å²) in [4.78, 5) is 30.0. The molecule has 0 unspecified atom stereocenters. The number of carbonyl (C=O) groups excluding carboxylic acids is 2. The van der Waals surface area contributed by atoms with Gasteiger partial charge in [-0.25, -0.2) is 0 Å². The molecule has 1 fully saturated rings. The lowest BCUT2D eigenvalue weighted by molar-refractivity contribution is -0.141. The van der Waals surface area contributed by atoms with E-state index >= 15 is 0 Å². The molecule has 2 aliphatic rings. The first-order valence-electron chi connectivity index (χ1n) is 11.6. The summed E-state index contributed by atoms with van der Waals surface area (Å²) in [6.45, 7) is 6.91. The SMILES string of the molecule is Cc1ccc2c(CC(=O)N3CCC(C(=O)N4CCc5ccccc5C4)CC3)coc2c1C. The second kappa shape index (κ2) is 8.45. The lowest BCUT2D eigenvalue weighted by Crippen LogP contribution is -2.46. The zero-order valence-electron chi connectivity index (χ0n) is 18.9. The minimum absolute atomic E-state index is 0.0182. The van der Waals surface area contributed by atoms with Crippen molar-refractivity contribution in [3.05, 3.63) is 70.5 Å². The first-order valence-corrected chi connectivity index (χ1v) is 11.6. The molecule has 5 rings (SSSR count). The monoisotopic (exact) mass is 430 g/mol. The summed E-state index contributed by atoms with van der Waals surface area (Å²) in [6.07, 6.45) is 4.48. The lowest BCUT2D eigenvalue weighted by atomic mass is 9.92. The van der Waals surface area contributed by atoms with Crippen molar-refractivity contribution in [3.63, 3.8) is 0 Å². The molecule has 3 aromatic rings. The summed E-state index contributed by atoms with van der Waals surface area (Å²) in [5, 5.41) is 1.02. The molecule has 5 nitrogen and oxygen atoms in total. The highest BCUT2D eigenvalue weighted by Gasteiger charge is 2.31. The second-order valence-corrected chi connectivity index (χ2v) is 9.26. The number of rotatable bonds is 3. The molecule has 2 aliphatic heterocycles. The molecule has 3 heterocycles. The topological polar surface area (TPSA) is 53.8 Å². The Bertz CT molecular complexity index is 1170. The number of hydrogen-bond donors (Lipinski definition) is 0. The van der Waals surface area contributed by atoms with Crippen LogP contribution in [0.25, 0.3) is 11.0 Å². The quantitative estimate of drug-likeness (QED) is 0.618. The highest BCUT2D eigenvalue weighted by molar-refractivity contribution is 5.89. The fourth-order valence-corrected chi connectivity index (χ4v) is 5.12. The maximum Gasteiger partial charge on any atom is 0.227 e. The van der Waals surface area contributed by atoms with E-state index in [2.05, 4.69) is 38.1 Å². The van der Waals surface area contributed by atoms with Gasteiger partial charge in [-0.3, -0.25) is 9.59 Å². The van der Waals surface area contributed by atoms with Crippen molar-refractivity contribution >= 4 is 22.8 Å². The molecular formula is C27H30N2O3. The third-order valence-electron chi connectivity index (χ3n) is 7.32. The Morgan fingerprint density at radius 3 is 2.50 bits per heavy atom. The minimum atomic E-state index is 0.0182. The molecular weight excluding hydrogens is 400 g/mol. The van der Waals surface area contributed by atoms with E-state index in [0.29, 0.717) is 26.1 Å². The van der Waals surface area contributed by atoms with E-state index < -0.39 is 0 Å². The maximum atomic E-state index is 13.1. The molecule has 0 radical (unpaired) electrons. The van der Waals surface area contributed by atoms with Crippen LogP contribution in [0.2, 0.25) is 0 Å². The summed E-state index contributed by atoms with van der Waals surface area (Å²) in [5.74, 6) is 0.381. The third-order valence-corrected chi connectivity index (χ3v) is 7.32. The van der Waals surface area contributed by atoms with Crippen LogP contribution in [0.15, 0.2) is 47.1 Å². The van der Waals surface area contributed by atoms with Crippen LogP contribution in [-0.4, -0.2) is 41.2 Å². The largest absolute Gasteiger partial charge is 0.464 e. The number of furan rings is 1. The number of fused-ring (bicyclic) bond motifs is 2. The summed E-state index contributed by atoms with van der Waals surface area (Å²) in [6, 6.07) is 12.5. The number of benzene rings is 2. The average Bonchev–Trinajstić information content (AvgIpc) is 3.24. The molecule has 0 spiro atoms. The van der Waals surface area contributed by atoms with Gasteiger partial charge in [-0.2, -0.15) is 0 Å². The zero-order valence-corrected chi connectivity index (χ0v) is 18.9. The van der Waals surface area contributed by atoms with E-state index in [1.807, 2.05) is 21.9 Å². The Balaban J connectivity index is 1.18. The fraction of sp³-hybridized carbons (Fsp3) is 0.407. The minimum Gasteiger partial charge on any atom is -0.464 e. The van der Waals surface area contributed by atoms with Gasteiger partial charge < -0.3 is 14.2 Å². The van der Waals surface area contributed by atoms with Crippen LogP contribution in [0.4, 0.5) is 0 Å². The van der Waals surface area contributed by atoms with Gasteiger partial charge in [0.2, 0.25) is 11.8 Å². The number of hydrogen-bond acceptors (Lipinski definition) is 3. The molecule has 2 amide bonds. The van der Waals surface area contributed by atoms with E-state index in [0.717, 1.165) is 47.9 Å². The van der Waals surface area contributed by atoms with Gasteiger partial charge in [0.25, 0.3) is 0 Å². The number of amides is 2. The van der Waals surface area contributed by atoms with Gasteiger partial charge in [-0.15, -0.1) is 0 Å². The molecule has 0 aliphatic carbocycles. The van der Waals surface area contributed by atoms with Crippen LogP contribution in [0.1, 0.15) is 40.7 Å². The normalized spacial score (nSPS) is 16.9. The Kier molecular flexibility index (Phi) is 5.50. The predicted molar refractivity (Wildman–Crippen MR) is 124 cm³/mol. The highest BCUT2D eigenvalue weighted by atomic mass is 16.3. The van der Waals surface area contributed by atoms with E-state index in [1.165, 1.54) is 16.7 Å². The van der Waals surface area contributed by atoms with Gasteiger partial charge in [0.15, 0.2) is 0 Å². The van der Waals surface area contributed by atoms with Crippen molar-refractivity contribution in [2.75, 3.05) is 19.6 Å². The van der Waals surface area contributed by atoms with Crippen LogP contribution in [-0.2, 0) is 29.0 Å². The summed E-state index contributed by atoms with van der Waals surface area (Å²) >= 11 is 0. The predicted octanol–water partition coefficient (Wildman–Crippen LogP) is 4.42. The standard InChI is InChI=1S/C27H30N2O3/c1-18-7-8-24-23(17-32-26(24)19(18)2)15-25(30)28-12-10-21(11-13-28)27(31)29-14-9-20-5-3-4-6-22(20)16-29/h3-8,17,21H,9-16H2,1-2H3. The van der Waals surface area contributed by atoms with E-state index in [4.69, 9.17) is 4.42 Å². The Morgan fingerprint density at radius 2 is 1.72 bits per heavy atom. The molecule has 0 atom stereocenters. The van der Waals surface area contributed by atoms with Crippen molar-refractivity contribution in [2.24, 2.45) is 5.92 Å².